The van der Waals surface area contributed by atoms with Gasteiger partial charge < -0.3 is 5.73 Å². The van der Waals surface area contributed by atoms with E-state index in [1.54, 1.807) is 0 Å². The van der Waals surface area contributed by atoms with Crippen molar-refractivity contribution in [2.24, 2.45) is 28.5 Å². The van der Waals surface area contributed by atoms with E-state index in [4.69, 9.17) is 5.73 Å². The molecule has 0 aromatic carbocycles. The van der Waals surface area contributed by atoms with Gasteiger partial charge in [0.2, 0.25) is 0 Å². The normalized spacial score (nSPS) is 33.0. The van der Waals surface area contributed by atoms with Gasteiger partial charge in [0.25, 0.3) is 0 Å². The van der Waals surface area contributed by atoms with Gasteiger partial charge in [0.15, 0.2) is 0 Å². The van der Waals surface area contributed by atoms with E-state index in [0.717, 1.165) is 24.2 Å². The minimum absolute atomic E-state index is 0.650. The van der Waals surface area contributed by atoms with Gasteiger partial charge in [-0.05, 0) is 37.5 Å². The number of nitrogens with two attached hydrogens (primary N) is 1. The summed E-state index contributed by atoms with van der Waals surface area (Å²) in [5.41, 5.74) is 5.90. The molecule has 0 saturated heterocycles. The van der Waals surface area contributed by atoms with Crippen molar-refractivity contribution in [2.75, 3.05) is 6.54 Å². The van der Waals surface area contributed by atoms with Gasteiger partial charge in [-0.3, -0.25) is 4.99 Å². The van der Waals surface area contributed by atoms with Crippen LogP contribution in [0.2, 0.25) is 0 Å². The third-order valence-corrected chi connectivity index (χ3v) is 4.07. The molecule has 0 aromatic heterocycles. The van der Waals surface area contributed by atoms with Crippen LogP contribution in [0, 0.1) is 17.8 Å². The molecule has 0 bridgehead atoms. The predicted molar refractivity (Wildman–Crippen MR) is 65.0 cm³/mol. The predicted octanol–water partition coefficient (Wildman–Crippen LogP) is 2.97. The molecule has 0 aromatic rings. The summed E-state index contributed by atoms with van der Waals surface area (Å²) in [6.07, 6.45) is 9.50. The molecule has 2 rings (SSSR count). The standard InChI is InChI=1S/C13H24N2/c1-2-10-3-5-11(6-4-10)9-15-13(14)12-7-8-12/h10-12H,2-9H2,1H3,(H2,14,15). The van der Waals surface area contributed by atoms with E-state index < -0.39 is 0 Å². The molecule has 0 atom stereocenters. The molecule has 15 heavy (non-hydrogen) atoms. The highest BCUT2D eigenvalue weighted by Crippen LogP contribution is 2.32. The van der Waals surface area contributed by atoms with E-state index >= 15 is 0 Å². The van der Waals surface area contributed by atoms with Gasteiger partial charge >= 0.3 is 0 Å². The lowest BCUT2D eigenvalue weighted by molar-refractivity contribution is 0.274. The molecule has 86 valence electrons. The average Bonchev–Trinajstić information content (AvgIpc) is 3.10. The Labute approximate surface area is 93.3 Å². The minimum Gasteiger partial charge on any atom is -0.387 e. The first-order valence-electron chi connectivity index (χ1n) is 6.59. The van der Waals surface area contributed by atoms with Crippen molar-refractivity contribution in [3.8, 4) is 0 Å². The topological polar surface area (TPSA) is 38.4 Å². The van der Waals surface area contributed by atoms with Crippen LogP contribution < -0.4 is 5.73 Å². The molecule has 0 unspecified atom stereocenters. The van der Waals surface area contributed by atoms with E-state index in [0.29, 0.717) is 5.92 Å². The number of aliphatic imine (C=N–C) groups is 1. The van der Waals surface area contributed by atoms with E-state index in [2.05, 4.69) is 11.9 Å². The highest BCUT2D eigenvalue weighted by molar-refractivity contribution is 5.84. The second-order valence-electron chi connectivity index (χ2n) is 5.33. The Morgan fingerprint density at radius 2 is 1.67 bits per heavy atom. The summed E-state index contributed by atoms with van der Waals surface area (Å²) in [7, 11) is 0. The summed E-state index contributed by atoms with van der Waals surface area (Å²) in [5.74, 6) is 3.40. The summed E-state index contributed by atoms with van der Waals surface area (Å²) < 4.78 is 0. The molecule has 2 nitrogen and oxygen atoms in total. The maximum absolute atomic E-state index is 5.90. The van der Waals surface area contributed by atoms with E-state index in [1.165, 1.54) is 44.9 Å². The first-order chi connectivity index (χ1) is 7.29. The molecule has 0 radical (unpaired) electrons. The van der Waals surface area contributed by atoms with Gasteiger partial charge in [0.05, 0.1) is 5.84 Å². The molecule has 2 saturated carbocycles. The Morgan fingerprint density at radius 1 is 1.07 bits per heavy atom. The number of nitrogens with zero attached hydrogens (tertiary/aromatic N) is 1. The number of rotatable bonds is 4. The van der Waals surface area contributed by atoms with Crippen LogP contribution in [0.15, 0.2) is 4.99 Å². The van der Waals surface area contributed by atoms with E-state index in [-0.39, 0.29) is 0 Å². The molecule has 0 heterocycles. The van der Waals surface area contributed by atoms with Gasteiger partial charge in [-0.2, -0.15) is 0 Å². The van der Waals surface area contributed by atoms with E-state index in [9.17, 15) is 0 Å². The summed E-state index contributed by atoms with van der Waals surface area (Å²) in [6, 6.07) is 0. The highest BCUT2D eigenvalue weighted by atomic mass is 14.9. The van der Waals surface area contributed by atoms with Crippen LogP contribution >= 0.6 is 0 Å². The van der Waals surface area contributed by atoms with E-state index in [1.807, 2.05) is 0 Å². The summed E-state index contributed by atoms with van der Waals surface area (Å²) in [5, 5.41) is 0. The zero-order chi connectivity index (χ0) is 10.7. The van der Waals surface area contributed by atoms with Crippen molar-refractivity contribution >= 4 is 5.84 Å². The highest BCUT2D eigenvalue weighted by Gasteiger charge is 2.26. The van der Waals surface area contributed by atoms with Gasteiger partial charge in [0, 0.05) is 12.5 Å². The molecule has 2 fully saturated rings. The van der Waals surface area contributed by atoms with Gasteiger partial charge in [-0.15, -0.1) is 0 Å². The van der Waals surface area contributed by atoms with Gasteiger partial charge in [0.1, 0.15) is 0 Å². The lowest BCUT2D eigenvalue weighted by atomic mass is 9.81. The van der Waals surface area contributed by atoms with Crippen molar-refractivity contribution in [3.05, 3.63) is 0 Å². The molecule has 2 N–H and O–H groups in total. The number of hydrogen-bond acceptors (Lipinski definition) is 1. The fraction of sp³-hybridized carbons (Fsp3) is 0.923. The Kier molecular flexibility index (Phi) is 3.66. The van der Waals surface area contributed by atoms with Crippen molar-refractivity contribution < 1.29 is 0 Å². The number of amidine groups is 1. The molecule has 2 aliphatic rings. The zero-order valence-electron chi connectivity index (χ0n) is 9.91. The van der Waals surface area contributed by atoms with Crippen molar-refractivity contribution in [1.29, 1.82) is 0 Å². The summed E-state index contributed by atoms with van der Waals surface area (Å²) in [6.45, 7) is 3.31. The first kappa shape index (κ1) is 11.0. The summed E-state index contributed by atoms with van der Waals surface area (Å²) >= 11 is 0. The van der Waals surface area contributed by atoms with Crippen LogP contribution in [0.1, 0.15) is 51.9 Å². The largest absolute Gasteiger partial charge is 0.387 e. The van der Waals surface area contributed by atoms with Crippen LogP contribution in [-0.4, -0.2) is 12.4 Å². The SMILES string of the molecule is CCC1CCC(CN=C(N)C2CC2)CC1. The van der Waals surface area contributed by atoms with Crippen LogP contribution in [0.5, 0.6) is 0 Å². The second kappa shape index (κ2) is 5.00. The molecule has 0 amide bonds. The maximum Gasteiger partial charge on any atom is 0.0968 e. The Balaban J connectivity index is 1.69. The molecular weight excluding hydrogens is 184 g/mol. The fourth-order valence-corrected chi connectivity index (χ4v) is 2.57. The third kappa shape index (κ3) is 3.22. The molecule has 2 heteroatoms. The van der Waals surface area contributed by atoms with Crippen LogP contribution in [-0.2, 0) is 0 Å². The van der Waals surface area contributed by atoms with Crippen molar-refractivity contribution in [3.63, 3.8) is 0 Å². The Morgan fingerprint density at radius 3 is 2.20 bits per heavy atom. The van der Waals surface area contributed by atoms with Crippen molar-refractivity contribution in [1.82, 2.24) is 0 Å². The third-order valence-electron chi connectivity index (χ3n) is 4.07. The van der Waals surface area contributed by atoms with Crippen LogP contribution in [0.3, 0.4) is 0 Å². The minimum atomic E-state index is 0.650. The molecule has 0 aliphatic heterocycles. The van der Waals surface area contributed by atoms with Crippen molar-refractivity contribution in [2.45, 2.75) is 51.9 Å². The maximum atomic E-state index is 5.90. The smallest absolute Gasteiger partial charge is 0.0968 e. The lowest BCUT2D eigenvalue weighted by Crippen LogP contribution is -2.20. The zero-order valence-corrected chi connectivity index (χ0v) is 9.91. The lowest BCUT2D eigenvalue weighted by Gasteiger charge is -2.26. The first-order valence-corrected chi connectivity index (χ1v) is 6.59. The summed E-state index contributed by atoms with van der Waals surface area (Å²) in [4.78, 5) is 4.56. The molecule has 2 aliphatic carbocycles. The Hall–Kier alpha value is -0.530. The molecule has 0 spiro atoms. The van der Waals surface area contributed by atoms with Crippen LogP contribution in [0.4, 0.5) is 0 Å². The van der Waals surface area contributed by atoms with Gasteiger partial charge in [-0.25, -0.2) is 0 Å². The quantitative estimate of drug-likeness (QED) is 0.560. The average molecular weight is 208 g/mol. The van der Waals surface area contributed by atoms with Crippen LogP contribution in [0.25, 0.3) is 0 Å². The Bertz CT molecular complexity index is 223. The second-order valence-corrected chi connectivity index (χ2v) is 5.33. The number of hydrogen-bond donors (Lipinski definition) is 1. The molecular formula is C13H24N2. The monoisotopic (exact) mass is 208 g/mol. The van der Waals surface area contributed by atoms with Gasteiger partial charge in [-0.1, -0.05) is 26.2 Å². The fourth-order valence-electron chi connectivity index (χ4n) is 2.57.